The highest BCUT2D eigenvalue weighted by Gasteiger charge is 2.14. The second kappa shape index (κ2) is 5.34. The molecule has 0 saturated heterocycles. The predicted octanol–water partition coefficient (Wildman–Crippen LogP) is -0.421. The van der Waals surface area contributed by atoms with Crippen molar-refractivity contribution in [2.24, 2.45) is 12.9 Å². The molecule has 2 rings (SSSR count). The smallest absolute Gasteiger partial charge is 0.242 e. The van der Waals surface area contributed by atoms with Crippen LogP contribution >= 0.6 is 0 Å². The van der Waals surface area contributed by atoms with Crippen LogP contribution in [0.2, 0.25) is 0 Å². The van der Waals surface area contributed by atoms with E-state index in [9.17, 15) is 8.42 Å². The van der Waals surface area contributed by atoms with Gasteiger partial charge in [0.15, 0.2) is 0 Å². The molecule has 0 amide bonds. The van der Waals surface area contributed by atoms with Gasteiger partial charge in [-0.2, -0.15) is 5.10 Å². The van der Waals surface area contributed by atoms with E-state index in [0.29, 0.717) is 5.82 Å². The van der Waals surface area contributed by atoms with Gasteiger partial charge in [-0.1, -0.05) is 0 Å². The number of aromatic nitrogens is 3. The summed E-state index contributed by atoms with van der Waals surface area (Å²) in [7, 11) is -1.86. The molecule has 0 fully saturated rings. The fraction of sp³-hybridized carbons (Fsp3) is 0.200. The van der Waals surface area contributed by atoms with Gasteiger partial charge in [0.1, 0.15) is 10.7 Å². The van der Waals surface area contributed by atoms with Crippen LogP contribution in [0.5, 0.6) is 0 Å². The van der Waals surface area contributed by atoms with Crippen LogP contribution in [0.1, 0.15) is 5.69 Å². The zero-order valence-electron chi connectivity index (χ0n) is 10.2. The first-order chi connectivity index (χ1) is 9.03. The van der Waals surface area contributed by atoms with Crippen molar-refractivity contribution in [3.63, 3.8) is 0 Å². The highest BCUT2D eigenvalue weighted by Crippen LogP contribution is 2.10. The second-order valence-corrected chi connectivity index (χ2v) is 5.56. The molecule has 8 nitrogen and oxygen atoms in total. The van der Waals surface area contributed by atoms with Crippen molar-refractivity contribution in [1.29, 1.82) is 0 Å². The molecule has 102 valence electrons. The van der Waals surface area contributed by atoms with Gasteiger partial charge in [0, 0.05) is 19.4 Å². The Morgan fingerprint density at radius 3 is 2.68 bits per heavy atom. The van der Waals surface area contributed by atoms with Crippen LogP contribution in [0, 0.1) is 0 Å². The van der Waals surface area contributed by atoms with Gasteiger partial charge in [-0.05, 0) is 18.2 Å². The van der Waals surface area contributed by atoms with Gasteiger partial charge in [0.2, 0.25) is 10.0 Å². The van der Waals surface area contributed by atoms with Gasteiger partial charge in [0.25, 0.3) is 0 Å². The van der Waals surface area contributed by atoms with Gasteiger partial charge < -0.3 is 5.43 Å². The van der Waals surface area contributed by atoms with E-state index >= 15 is 0 Å². The Balaban J connectivity index is 2.11. The zero-order valence-corrected chi connectivity index (χ0v) is 11.1. The van der Waals surface area contributed by atoms with E-state index in [4.69, 9.17) is 5.84 Å². The number of hydrogen-bond acceptors (Lipinski definition) is 6. The first kappa shape index (κ1) is 13.5. The molecular weight excluding hydrogens is 268 g/mol. The number of nitrogens with two attached hydrogens (primary N) is 1. The van der Waals surface area contributed by atoms with E-state index in [-0.39, 0.29) is 11.4 Å². The van der Waals surface area contributed by atoms with Crippen LogP contribution < -0.4 is 16.0 Å². The molecule has 19 heavy (non-hydrogen) atoms. The van der Waals surface area contributed by atoms with Crippen molar-refractivity contribution in [2.75, 3.05) is 5.43 Å². The molecule has 0 radical (unpaired) electrons. The quantitative estimate of drug-likeness (QED) is 0.507. The van der Waals surface area contributed by atoms with E-state index in [0.717, 1.165) is 5.69 Å². The summed E-state index contributed by atoms with van der Waals surface area (Å²) in [5.41, 5.74) is 3.09. The van der Waals surface area contributed by atoms with Crippen molar-refractivity contribution >= 4 is 15.8 Å². The Bertz CT molecular complexity index is 649. The van der Waals surface area contributed by atoms with Crippen LogP contribution in [0.25, 0.3) is 0 Å². The lowest BCUT2D eigenvalue weighted by Crippen LogP contribution is -2.24. The molecule has 0 aromatic carbocycles. The number of anilines is 1. The van der Waals surface area contributed by atoms with Crippen molar-refractivity contribution in [3.8, 4) is 0 Å². The molecular formula is C10H14N6O2S. The largest absolute Gasteiger partial charge is 0.308 e. The molecule has 2 heterocycles. The Labute approximate surface area is 110 Å². The van der Waals surface area contributed by atoms with E-state index < -0.39 is 10.0 Å². The van der Waals surface area contributed by atoms with Crippen molar-refractivity contribution < 1.29 is 8.42 Å². The number of hydrogen-bond donors (Lipinski definition) is 3. The highest BCUT2D eigenvalue weighted by molar-refractivity contribution is 7.89. The molecule has 0 unspecified atom stereocenters. The average molecular weight is 282 g/mol. The van der Waals surface area contributed by atoms with Crippen LogP contribution in [-0.4, -0.2) is 23.2 Å². The van der Waals surface area contributed by atoms with E-state index in [2.05, 4.69) is 20.2 Å². The maximum atomic E-state index is 12.0. The molecule has 0 aliphatic carbocycles. The monoisotopic (exact) mass is 282 g/mol. The maximum absolute atomic E-state index is 12.0. The lowest BCUT2D eigenvalue weighted by Gasteiger charge is -2.07. The Morgan fingerprint density at radius 2 is 2.16 bits per heavy atom. The number of hydrazine groups is 1. The van der Waals surface area contributed by atoms with E-state index in [1.54, 1.807) is 24.0 Å². The topological polar surface area (TPSA) is 115 Å². The summed E-state index contributed by atoms with van der Waals surface area (Å²) < 4.78 is 28.1. The summed E-state index contributed by atoms with van der Waals surface area (Å²) in [6.07, 6.45) is 2.84. The number of pyridine rings is 1. The summed E-state index contributed by atoms with van der Waals surface area (Å²) >= 11 is 0. The fourth-order valence-corrected chi connectivity index (χ4v) is 2.39. The molecule has 0 aliphatic heterocycles. The first-order valence-corrected chi connectivity index (χ1v) is 6.90. The Morgan fingerprint density at radius 1 is 1.37 bits per heavy atom. The maximum Gasteiger partial charge on any atom is 0.242 e. The SMILES string of the molecule is Cn1nccc1CNS(=O)(=O)c1ccc(NN)nc1. The lowest BCUT2D eigenvalue weighted by atomic mass is 10.4. The number of sulfonamides is 1. The Hall–Kier alpha value is -1.97. The van der Waals surface area contributed by atoms with Gasteiger partial charge in [-0.3, -0.25) is 4.68 Å². The minimum absolute atomic E-state index is 0.0775. The normalized spacial score (nSPS) is 11.5. The summed E-state index contributed by atoms with van der Waals surface area (Å²) in [5, 5.41) is 3.96. The molecule has 0 spiro atoms. The van der Waals surface area contributed by atoms with Crippen LogP contribution in [0.4, 0.5) is 5.82 Å². The average Bonchev–Trinajstić information content (AvgIpc) is 2.82. The molecule has 2 aromatic rings. The van der Waals surface area contributed by atoms with Crippen LogP contribution in [-0.2, 0) is 23.6 Å². The van der Waals surface area contributed by atoms with E-state index in [1.165, 1.54) is 18.3 Å². The predicted molar refractivity (Wildman–Crippen MR) is 69.3 cm³/mol. The number of nitrogens with one attached hydrogen (secondary N) is 2. The van der Waals surface area contributed by atoms with Crippen LogP contribution in [0.3, 0.4) is 0 Å². The highest BCUT2D eigenvalue weighted by atomic mass is 32.2. The van der Waals surface area contributed by atoms with Crippen molar-refractivity contribution in [2.45, 2.75) is 11.4 Å². The fourth-order valence-electron chi connectivity index (χ4n) is 1.45. The Kier molecular flexibility index (Phi) is 3.79. The standard InChI is InChI=1S/C10H14N6O2S/c1-16-8(4-5-13-16)6-14-19(17,18)9-2-3-10(15-11)12-7-9/h2-5,7,14H,6,11H2,1H3,(H,12,15). The minimum atomic E-state index is -3.60. The van der Waals surface area contributed by atoms with Crippen molar-refractivity contribution in [3.05, 3.63) is 36.3 Å². The third-order valence-electron chi connectivity index (χ3n) is 2.56. The third kappa shape index (κ3) is 3.08. The molecule has 0 atom stereocenters. The van der Waals surface area contributed by atoms with Crippen LogP contribution in [0.15, 0.2) is 35.5 Å². The molecule has 0 bridgehead atoms. The van der Waals surface area contributed by atoms with Crippen molar-refractivity contribution in [1.82, 2.24) is 19.5 Å². The van der Waals surface area contributed by atoms with Gasteiger partial charge >= 0.3 is 0 Å². The third-order valence-corrected chi connectivity index (χ3v) is 3.95. The second-order valence-electron chi connectivity index (χ2n) is 3.79. The summed E-state index contributed by atoms with van der Waals surface area (Å²) in [5.74, 6) is 5.56. The van der Waals surface area contributed by atoms with E-state index in [1.807, 2.05) is 0 Å². The van der Waals surface area contributed by atoms with Gasteiger partial charge in [-0.15, -0.1) is 0 Å². The zero-order chi connectivity index (χ0) is 13.9. The first-order valence-electron chi connectivity index (χ1n) is 5.42. The van der Waals surface area contributed by atoms with Gasteiger partial charge in [0.05, 0.1) is 12.2 Å². The minimum Gasteiger partial charge on any atom is -0.308 e. The molecule has 0 aliphatic rings. The molecule has 9 heteroatoms. The molecule has 4 N–H and O–H groups in total. The number of nitrogen functional groups attached to an aromatic ring is 1. The summed E-state index contributed by atoms with van der Waals surface area (Å²) in [6, 6.07) is 4.65. The summed E-state index contributed by atoms with van der Waals surface area (Å²) in [6.45, 7) is 0.162. The number of nitrogens with zero attached hydrogens (tertiary/aromatic N) is 3. The van der Waals surface area contributed by atoms with Gasteiger partial charge in [-0.25, -0.2) is 24.0 Å². The number of aryl methyl sites for hydroxylation is 1. The summed E-state index contributed by atoms with van der Waals surface area (Å²) in [4.78, 5) is 3.93. The lowest BCUT2D eigenvalue weighted by molar-refractivity contribution is 0.577. The molecule has 0 saturated carbocycles. The number of rotatable bonds is 5. The molecule has 2 aromatic heterocycles.